The van der Waals surface area contributed by atoms with Crippen LogP contribution < -0.4 is 0 Å². The molecule has 0 fully saturated rings. The monoisotopic (exact) mass is 173 g/mol. The molecule has 0 aliphatic carbocycles. The van der Waals surface area contributed by atoms with Crippen LogP contribution in [-0.2, 0) is 4.79 Å². The molecular formula is C5H7N3O2S. The van der Waals surface area contributed by atoms with Crippen LogP contribution >= 0.6 is 11.8 Å². The topological polar surface area (TPSA) is 78.9 Å². The molecule has 0 saturated carbocycles. The minimum Gasteiger partial charge on any atom is -0.481 e. The Balaban J connectivity index is 2.19. The van der Waals surface area contributed by atoms with E-state index in [4.69, 9.17) is 5.11 Å². The van der Waals surface area contributed by atoms with Gasteiger partial charge in [0.2, 0.25) is 0 Å². The van der Waals surface area contributed by atoms with Gasteiger partial charge in [0.05, 0.1) is 12.6 Å². The Hall–Kier alpha value is -1.04. The molecule has 1 aromatic heterocycles. The zero-order valence-electron chi connectivity index (χ0n) is 5.65. The number of aliphatic carboxylic acids is 1. The van der Waals surface area contributed by atoms with Gasteiger partial charge in [-0.3, -0.25) is 9.89 Å². The van der Waals surface area contributed by atoms with E-state index in [1.54, 1.807) is 6.20 Å². The van der Waals surface area contributed by atoms with Gasteiger partial charge in [-0.15, -0.1) is 16.9 Å². The second kappa shape index (κ2) is 3.97. The number of nitrogens with zero attached hydrogens (tertiary/aromatic N) is 2. The molecule has 0 atom stereocenters. The number of carboxylic acid groups (broad SMARTS) is 1. The number of aromatic amines is 1. The summed E-state index contributed by atoms with van der Waals surface area (Å²) in [5, 5.41) is 18.7. The maximum atomic E-state index is 10.1. The fourth-order valence-electron chi connectivity index (χ4n) is 0.505. The second-order valence-electron chi connectivity index (χ2n) is 1.80. The minimum atomic E-state index is -0.791. The summed E-state index contributed by atoms with van der Waals surface area (Å²) in [5.74, 6) is -0.261. The van der Waals surface area contributed by atoms with E-state index < -0.39 is 5.97 Å². The first-order chi connectivity index (χ1) is 5.29. The minimum absolute atomic E-state index is 0.150. The maximum absolute atomic E-state index is 10.1. The van der Waals surface area contributed by atoms with Crippen LogP contribution in [0.15, 0.2) is 11.2 Å². The lowest BCUT2D eigenvalue weighted by Gasteiger charge is -1.90. The molecule has 6 heteroatoms. The van der Waals surface area contributed by atoms with E-state index in [0.717, 1.165) is 5.03 Å². The molecule has 0 aliphatic rings. The van der Waals surface area contributed by atoms with Crippen molar-refractivity contribution in [3.63, 3.8) is 0 Å². The fraction of sp³-hybridized carbons (Fsp3) is 0.400. The van der Waals surface area contributed by atoms with Gasteiger partial charge in [0.25, 0.3) is 0 Å². The van der Waals surface area contributed by atoms with Crippen LogP contribution in [0.1, 0.15) is 6.42 Å². The number of hydrogen-bond acceptors (Lipinski definition) is 4. The average Bonchev–Trinajstić information content (AvgIpc) is 2.39. The number of hydrogen-bond donors (Lipinski definition) is 2. The van der Waals surface area contributed by atoms with Crippen molar-refractivity contribution in [2.75, 3.05) is 5.75 Å². The van der Waals surface area contributed by atoms with Crippen LogP contribution in [0.25, 0.3) is 0 Å². The highest BCUT2D eigenvalue weighted by molar-refractivity contribution is 7.99. The molecule has 1 rings (SSSR count). The summed E-state index contributed by atoms with van der Waals surface area (Å²) in [6.45, 7) is 0. The molecule has 0 unspecified atom stereocenters. The van der Waals surface area contributed by atoms with Crippen molar-refractivity contribution < 1.29 is 9.90 Å². The number of thioether (sulfide) groups is 1. The molecule has 0 aliphatic heterocycles. The molecule has 5 nitrogen and oxygen atoms in total. The number of carbonyl (C=O) groups is 1. The van der Waals surface area contributed by atoms with Crippen molar-refractivity contribution in [2.24, 2.45) is 0 Å². The Morgan fingerprint density at radius 2 is 2.64 bits per heavy atom. The molecule has 0 radical (unpaired) electrons. The third-order valence-electron chi connectivity index (χ3n) is 0.960. The van der Waals surface area contributed by atoms with Crippen molar-refractivity contribution >= 4 is 17.7 Å². The fourth-order valence-corrected chi connectivity index (χ4v) is 1.22. The third kappa shape index (κ3) is 3.03. The largest absolute Gasteiger partial charge is 0.481 e. The first-order valence-corrected chi connectivity index (χ1v) is 3.98. The zero-order valence-corrected chi connectivity index (χ0v) is 6.47. The number of nitrogens with one attached hydrogen (secondary N) is 1. The lowest BCUT2D eigenvalue weighted by Crippen LogP contribution is -1.95. The number of H-pyrrole nitrogens is 1. The molecular weight excluding hydrogens is 166 g/mol. The van der Waals surface area contributed by atoms with E-state index in [-0.39, 0.29) is 6.42 Å². The van der Waals surface area contributed by atoms with E-state index in [2.05, 4.69) is 15.4 Å². The van der Waals surface area contributed by atoms with Crippen LogP contribution in [-0.4, -0.2) is 32.2 Å². The summed E-state index contributed by atoms with van der Waals surface area (Å²) in [7, 11) is 0. The molecule has 60 valence electrons. The molecule has 0 bridgehead atoms. The average molecular weight is 173 g/mol. The molecule has 1 aromatic rings. The van der Waals surface area contributed by atoms with Crippen LogP contribution in [0.5, 0.6) is 0 Å². The maximum Gasteiger partial charge on any atom is 0.304 e. The zero-order chi connectivity index (χ0) is 8.10. The van der Waals surface area contributed by atoms with Gasteiger partial charge in [0.15, 0.2) is 0 Å². The van der Waals surface area contributed by atoms with Gasteiger partial charge in [-0.1, -0.05) is 5.21 Å². The Bertz CT molecular complexity index is 224. The van der Waals surface area contributed by atoms with E-state index in [9.17, 15) is 4.79 Å². The van der Waals surface area contributed by atoms with E-state index in [1.165, 1.54) is 11.8 Å². The van der Waals surface area contributed by atoms with Crippen molar-refractivity contribution in [2.45, 2.75) is 11.4 Å². The summed E-state index contributed by atoms with van der Waals surface area (Å²) in [6.07, 6.45) is 1.78. The summed E-state index contributed by atoms with van der Waals surface area (Å²) >= 11 is 1.37. The van der Waals surface area contributed by atoms with Gasteiger partial charge in [0, 0.05) is 5.75 Å². The lowest BCUT2D eigenvalue weighted by molar-refractivity contribution is -0.136. The van der Waals surface area contributed by atoms with Gasteiger partial charge in [0.1, 0.15) is 5.03 Å². The van der Waals surface area contributed by atoms with Gasteiger partial charge < -0.3 is 5.11 Å². The Morgan fingerprint density at radius 3 is 3.18 bits per heavy atom. The predicted octanol–water partition coefficient (Wildman–Crippen LogP) is 0.371. The molecule has 2 N–H and O–H groups in total. The standard InChI is InChI=1S/C5H7N3O2S/c9-5(10)1-2-11-4-3-6-8-7-4/h3H,1-2H2,(H,9,10)(H,6,7,8). The van der Waals surface area contributed by atoms with Crippen LogP contribution in [0.2, 0.25) is 0 Å². The van der Waals surface area contributed by atoms with Gasteiger partial charge in [-0.05, 0) is 0 Å². The first-order valence-electron chi connectivity index (χ1n) is 3.00. The first kappa shape index (κ1) is 8.06. The predicted molar refractivity (Wildman–Crippen MR) is 39.4 cm³/mol. The smallest absolute Gasteiger partial charge is 0.304 e. The Morgan fingerprint density at radius 1 is 1.82 bits per heavy atom. The Labute approximate surface area is 67.2 Å². The van der Waals surface area contributed by atoms with E-state index >= 15 is 0 Å². The quantitative estimate of drug-likeness (QED) is 0.643. The van der Waals surface area contributed by atoms with Crippen LogP contribution in [0, 0.1) is 0 Å². The second-order valence-corrected chi connectivity index (χ2v) is 2.92. The highest BCUT2D eigenvalue weighted by atomic mass is 32.2. The van der Waals surface area contributed by atoms with Crippen molar-refractivity contribution in [1.82, 2.24) is 15.4 Å². The SMILES string of the molecule is O=C(O)CCSc1c[nH]nn1. The molecule has 0 saturated heterocycles. The summed E-state index contributed by atoms with van der Waals surface area (Å²) < 4.78 is 0. The number of carboxylic acids is 1. The summed E-state index contributed by atoms with van der Waals surface area (Å²) in [4.78, 5) is 10.1. The van der Waals surface area contributed by atoms with Crippen LogP contribution in [0.4, 0.5) is 0 Å². The summed E-state index contributed by atoms with van der Waals surface area (Å²) in [5.41, 5.74) is 0. The van der Waals surface area contributed by atoms with Gasteiger partial charge in [-0.25, -0.2) is 0 Å². The van der Waals surface area contributed by atoms with Crippen molar-refractivity contribution in [1.29, 1.82) is 0 Å². The summed E-state index contributed by atoms with van der Waals surface area (Å²) in [6, 6.07) is 0. The highest BCUT2D eigenvalue weighted by Gasteiger charge is 1.99. The highest BCUT2D eigenvalue weighted by Crippen LogP contribution is 2.12. The molecule has 0 aromatic carbocycles. The normalized spacial score (nSPS) is 9.82. The molecule has 0 spiro atoms. The Kier molecular flexibility index (Phi) is 2.91. The number of rotatable bonds is 4. The van der Waals surface area contributed by atoms with Crippen molar-refractivity contribution in [3.8, 4) is 0 Å². The molecule has 11 heavy (non-hydrogen) atoms. The van der Waals surface area contributed by atoms with Crippen molar-refractivity contribution in [3.05, 3.63) is 6.20 Å². The van der Waals surface area contributed by atoms with E-state index in [0.29, 0.717) is 5.75 Å². The van der Waals surface area contributed by atoms with Gasteiger partial charge in [-0.2, -0.15) is 0 Å². The number of aromatic nitrogens is 3. The van der Waals surface area contributed by atoms with Crippen LogP contribution in [0.3, 0.4) is 0 Å². The lowest BCUT2D eigenvalue weighted by atomic mass is 10.5. The molecule has 1 heterocycles. The molecule has 0 amide bonds. The van der Waals surface area contributed by atoms with E-state index in [1.807, 2.05) is 0 Å². The third-order valence-corrected chi connectivity index (χ3v) is 1.86. The van der Waals surface area contributed by atoms with Gasteiger partial charge >= 0.3 is 5.97 Å².